The standard InChI is InChI=1S/C22H18ClN5O3S/c1-2-11-28-22(31)16-6-4-3-5-15(16)18(27-28)20(30)26-25-19(29)17-12-32-21(24-17)13-7-9-14(23)10-8-13/h3-10,12H,2,11H2,1H3,(H,25,29)(H,26,30). The van der Waals surface area contributed by atoms with E-state index in [4.69, 9.17) is 11.6 Å². The van der Waals surface area contributed by atoms with Gasteiger partial charge < -0.3 is 0 Å². The van der Waals surface area contributed by atoms with Crippen LogP contribution in [0.1, 0.15) is 34.3 Å². The van der Waals surface area contributed by atoms with Crippen LogP contribution in [0.3, 0.4) is 0 Å². The van der Waals surface area contributed by atoms with E-state index in [1.807, 2.05) is 19.1 Å². The maximum atomic E-state index is 12.8. The van der Waals surface area contributed by atoms with Crippen molar-refractivity contribution >= 4 is 45.5 Å². The van der Waals surface area contributed by atoms with Crippen molar-refractivity contribution in [3.8, 4) is 10.6 Å². The summed E-state index contributed by atoms with van der Waals surface area (Å²) in [4.78, 5) is 42.2. The molecule has 0 bridgehead atoms. The highest BCUT2D eigenvalue weighted by Gasteiger charge is 2.18. The number of benzene rings is 2. The number of aromatic nitrogens is 3. The van der Waals surface area contributed by atoms with Crippen molar-refractivity contribution in [2.24, 2.45) is 0 Å². The number of nitrogens with zero attached hydrogens (tertiary/aromatic N) is 3. The molecule has 0 saturated carbocycles. The lowest BCUT2D eigenvalue weighted by Crippen LogP contribution is -2.43. The molecule has 0 unspecified atom stereocenters. The number of rotatable bonds is 5. The molecule has 8 nitrogen and oxygen atoms in total. The van der Waals surface area contributed by atoms with E-state index >= 15 is 0 Å². The molecule has 4 aromatic rings. The molecule has 10 heteroatoms. The SMILES string of the molecule is CCCn1nc(C(=O)NNC(=O)c2csc(-c3ccc(Cl)cc3)n2)c2ccccc2c1=O. The fraction of sp³-hybridized carbons (Fsp3) is 0.136. The number of hydrogen-bond acceptors (Lipinski definition) is 6. The number of halogens is 1. The van der Waals surface area contributed by atoms with Gasteiger partial charge in [0.05, 0.1) is 5.39 Å². The number of thiazole rings is 1. The van der Waals surface area contributed by atoms with Crippen LogP contribution in [0.15, 0.2) is 58.7 Å². The van der Waals surface area contributed by atoms with Crippen molar-refractivity contribution in [2.45, 2.75) is 19.9 Å². The predicted octanol–water partition coefficient (Wildman–Crippen LogP) is 3.66. The monoisotopic (exact) mass is 467 g/mol. The minimum Gasteiger partial charge on any atom is -0.267 e. The smallest absolute Gasteiger partial charge is 0.267 e. The summed E-state index contributed by atoms with van der Waals surface area (Å²) in [6.45, 7) is 2.29. The Hall–Kier alpha value is -3.56. The molecule has 0 atom stereocenters. The molecule has 2 aromatic heterocycles. The van der Waals surface area contributed by atoms with Gasteiger partial charge in [0.1, 0.15) is 10.7 Å². The summed E-state index contributed by atoms with van der Waals surface area (Å²) in [6, 6.07) is 13.9. The van der Waals surface area contributed by atoms with Gasteiger partial charge in [-0.3, -0.25) is 25.2 Å². The van der Waals surface area contributed by atoms with Crippen molar-refractivity contribution in [1.82, 2.24) is 25.6 Å². The second-order valence-electron chi connectivity index (χ2n) is 6.88. The van der Waals surface area contributed by atoms with Gasteiger partial charge in [-0.25, -0.2) is 9.67 Å². The maximum absolute atomic E-state index is 12.8. The molecule has 0 aliphatic carbocycles. The predicted molar refractivity (Wildman–Crippen MR) is 124 cm³/mol. The first kappa shape index (κ1) is 21.7. The molecule has 2 aromatic carbocycles. The number of aryl methyl sites for hydroxylation is 1. The fourth-order valence-corrected chi connectivity index (χ4v) is 4.04. The highest BCUT2D eigenvalue weighted by atomic mass is 35.5. The van der Waals surface area contributed by atoms with Crippen molar-refractivity contribution < 1.29 is 9.59 Å². The van der Waals surface area contributed by atoms with Crippen LogP contribution in [-0.2, 0) is 6.54 Å². The first-order chi connectivity index (χ1) is 15.5. The molecule has 0 radical (unpaired) electrons. The third-order valence-electron chi connectivity index (χ3n) is 4.64. The number of hydrazine groups is 1. The van der Waals surface area contributed by atoms with Crippen LogP contribution in [0, 0.1) is 0 Å². The van der Waals surface area contributed by atoms with Crippen LogP contribution in [0.25, 0.3) is 21.3 Å². The average molecular weight is 468 g/mol. The van der Waals surface area contributed by atoms with Crippen LogP contribution in [0.5, 0.6) is 0 Å². The third kappa shape index (κ3) is 4.39. The van der Waals surface area contributed by atoms with Gasteiger partial charge in [0.2, 0.25) is 0 Å². The Morgan fingerprint density at radius 2 is 1.72 bits per heavy atom. The first-order valence-electron chi connectivity index (χ1n) is 9.80. The fourth-order valence-electron chi connectivity index (χ4n) is 3.11. The normalized spacial score (nSPS) is 10.8. The van der Waals surface area contributed by atoms with Crippen LogP contribution in [0.2, 0.25) is 5.02 Å². The zero-order chi connectivity index (χ0) is 22.7. The lowest BCUT2D eigenvalue weighted by molar-refractivity contribution is 0.0841. The second kappa shape index (κ2) is 9.29. The van der Waals surface area contributed by atoms with Crippen LogP contribution >= 0.6 is 22.9 Å². The first-order valence-corrected chi connectivity index (χ1v) is 11.1. The summed E-state index contributed by atoms with van der Waals surface area (Å²) >= 11 is 7.20. The molecule has 0 fully saturated rings. The summed E-state index contributed by atoms with van der Waals surface area (Å²) in [5, 5.41) is 7.87. The third-order valence-corrected chi connectivity index (χ3v) is 5.78. The van der Waals surface area contributed by atoms with E-state index in [0.717, 1.165) is 5.56 Å². The molecule has 0 spiro atoms. The zero-order valence-electron chi connectivity index (χ0n) is 17.0. The average Bonchev–Trinajstić information content (AvgIpc) is 3.30. The topological polar surface area (TPSA) is 106 Å². The summed E-state index contributed by atoms with van der Waals surface area (Å²) in [5.74, 6) is -1.20. The quantitative estimate of drug-likeness (QED) is 0.436. The number of nitrogens with one attached hydrogen (secondary N) is 2. The molecular formula is C22H18ClN5O3S. The molecule has 0 saturated heterocycles. The van der Waals surface area contributed by atoms with Crippen LogP contribution in [0.4, 0.5) is 0 Å². The van der Waals surface area contributed by atoms with E-state index in [-0.39, 0.29) is 16.9 Å². The Morgan fingerprint density at radius 3 is 2.44 bits per heavy atom. The van der Waals surface area contributed by atoms with Crippen molar-refractivity contribution in [3.63, 3.8) is 0 Å². The molecular weight excluding hydrogens is 450 g/mol. The van der Waals surface area contributed by atoms with Gasteiger partial charge in [-0.1, -0.05) is 48.9 Å². The van der Waals surface area contributed by atoms with Crippen molar-refractivity contribution in [1.29, 1.82) is 0 Å². The molecule has 32 heavy (non-hydrogen) atoms. The summed E-state index contributed by atoms with van der Waals surface area (Å²) in [5.41, 5.74) is 5.50. The lowest BCUT2D eigenvalue weighted by atomic mass is 10.1. The maximum Gasteiger partial charge on any atom is 0.290 e. The highest BCUT2D eigenvalue weighted by molar-refractivity contribution is 7.13. The van der Waals surface area contributed by atoms with E-state index in [1.165, 1.54) is 16.0 Å². The van der Waals surface area contributed by atoms with E-state index in [1.54, 1.807) is 41.8 Å². The minimum atomic E-state index is -0.632. The van der Waals surface area contributed by atoms with E-state index < -0.39 is 11.8 Å². The Balaban J connectivity index is 1.52. The molecule has 0 aliphatic heterocycles. The van der Waals surface area contributed by atoms with Gasteiger partial charge in [0.15, 0.2) is 5.69 Å². The Kier molecular flexibility index (Phi) is 6.29. The van der Waals surface area contributed by atoms with Gasteiger partial charge in [-0.2, -0.15) is 5.10 Å². The molecule has 162 valence electrons. The van der Waals surface area contributed by atoms with E-state index in [9.17, 15) is 14.4 Å². The largest absolute Gasteiger partial charge is 0.290 e. The second-order valence-corrected chi connectivity index (χ2v) is 8.17. The van der Waals surface area contributed by atoms with Crippen molar-refractivity contribution in [3.05, 3.63) is 80.7 Å². The molecule has 0 aliphatic rings. The number of hydrogen-bond donors (Lipinski definition) is 2. The highest BCUT2D eigenvalue weighted by Crippen LogP contribution is 2.25. The lowest BCUT2D eigenvalue weighted by Gasteiger charge is -2.11. The van der Waals surface area contributed by atoms with Gasteiger partial charge >= 0.3 is 0 Å². The molecule has 2 N–H and O–H groups in total. The minimum absolute atomic E-state index is 0.0501. The van der Waals surface area contributed by atoms with Gasteiger partial charge in [0, 0.05) is 27.9 Å². The molecule has 2 heterocycles. The van der Waals surface area contributed by atoms with Crippen LogP contribution in [-0.4, -0.2) is 26.6 Å². The Morgan fingerprint density at radius 1 is 1.03 bits per heavy atom. The summed E-state index contributed by atoms with van der Waals surface area (Å²) in [6.07, 6.45) is 0.683. The van der Waals surface area contributed by atoms with Crippen LogP contribution < -0.4 is 16.4 Å². The summed E-state index contributed by atoms with van der Waals surface area (Å²) < 4.78 is 1.26. The number of carbonyl (C=O) groups excluding carboxylic acids is 2. The summed E-state index contributed by atoms with van der Waals surface area (Å²) in [7, 11) is 0. The zero-order valence-corrected chi connectivity index (χ0v) is 18.5. The molecule has 4 rings (SSSR count). The molecule has 2 amide bonds. The van der Waals surface area contributed by atoms with E-state index in [2.05, 4.69) is 20.9 Å². The van der Waals surface area contributed by atoms with Gasteiger partial charge in [-0.05, 0) is 24.6 Å². The van der Waals surface area contributed by atoms with Gasteiger partial charge in [0.25, 0.3) is 17.4 Å². The number of amides is 2. The number of carbonyl (C=O) groups is 2. The number of fused-ring (bicyclic) bond motifs is 1. The Bertz CT molecular complexity index is 1360. The van der Waals surface area contributed by atoms with Crippen molar-refractivity contribution in [2.75, 3.05) is 0 Å². The van der Waals surface area contributed by atoms with E-state index in [0.29, 0.717) is 33.8 Å². The Labute approximate surface area is 191 Å². The van der Waals surface area contributed by atoms with Gasteiger partial charge in [-0.15, -0.1) is 11.3 Å².